The van der Waals surface area contributed by atoms with Crippen molar-refractivity contribution in [1.29, 1.82) is 0 Å². The van der Waals surface area contributed by atoms with Crippen LogP contribution in [0.1, 0.15) is 17.5 Å². The van der Waals surface area contributed by atoms with Gasteiger partial charge in [0.1, 0.15) is 11.0 Å². The van der Waals surface area contributed by atoms with Gasteiger partial charge >= 0.3 is 0 Å². The predicted molar refractivity (Wildman–Crippen MR) is 70.1 cm³/mol. The fourth-order valence-corrected chi connectivity index (χ4v) is 1.99. The van der Waals surface area contributed by atoms with Crippen LogP contribution in [0.4, 0.5) is 4.39 Å². The third-order valence-corrected chi connectivity index (χ3v) is 3.18. The number of rotatable bonds is 5. The van der Waals surface area contributed by atoms with Gasteiger partial charge in [-0.2, -0.15) is 5.10 Å². The Balaban J connectivity index is 2.09. The molecule has 0 saturated carbocycles. The van der Waals surface area contributed by atoms with E-state index in [9.17, 15) is 4.39 Å². The van der Waals surface area contributed by atoms with E-state index in [1.165, 1.54) is 12.1 Å². The lowest BCUT2D eigenvalue weighted by Gasteiger charge is -2.04. The molecule has 2 aromatic rings. The van der Waals surface area contributed by atoms with Gasteiger partial charge in [-0.1, -0.05) is 23.7 Å². The SMILES string of the molecule is NCCCc1cnn(Cc2ccc(F)cc2)c1Cl. The van der Waals surface area contributed by atoms with Gasteiger partial charge in [0.25, 0.3) is 0 Å². The highest BCUT2D eigenvalue weighted by Gasteiger charge is 2.08. The lowest BCUT2D eigenvalue weighted by atomic mass is 10.2. The van der Waals surface area contributed by atoms with Crippen LogP contribution in [0.3, 0.4) is 0 Å². The first-order chi connectivity index (χ1) is 8.70. The summed E-state index contributed by atoms with van der Waals surface area (Å²) in [6, 6.07) is 6.32. The zero-order valence-corrected chi connectivity index (χ0v) is 10.7. The van der Waals surface area contributed by atoms with Crippen molar-refractivity contribution in [2.75, 3.05) is 6.54 Å². The summed E-state index contributed by atoms with van der Waals surface area (Å²) in [5, 5.41) is 4.87. The van der Waals surface area contributed by atoms with Gasteiger partial charge in [0.15, 0.2) is 0 Å². The topological polar surface area (TPSA) is 43.8 Å². The minimum Gasteiger partial charge on any atom is -0.330 e. The molecule has 0 unspecified atom stereocenters. The monoisotopic (exact) mass is 267 g/mol. The third kappa shape index (κ3) is 3.09. The van der Waals surface area contributed by atoms with Crippen LogP contribution in [0, 0.1) is 5.82 Å². The molecule has 0 aliphatic carbocycles. The van der Waals surface area contributed by atoms with Gasteiger partial charge in [-0.05, 0) is 37.1 Å². The predicted octanol–water partition coefficient (Wildman–Crippen LogP) is 2.62. The van der Waals surface area contributed by atoms with Crippen LogP contribution in [-0.4, -0.2) is 16.3 Å². The number of aromatic nitrogens is 2. The Labute approximate surface area is 110 Å². The molecular formula is C13H15ClFN3. The highest BCUT2D eigenvalue weighted by atomic mass is 35.5. The molecule has 3 nitrogen and oxygen atoms in total. The molecule has 0 spiro atoms. The second-order valence-corrected chi connectivity index (χ2v) is 4.49. The lowest BCUT2D eigenvalue weighted by Crippen LogP contribution is -2.03. The van der Waals surface area contributed by atoms with E-state index in [-0.39, 0.29) is 5.82 Å². The standard InChI is InChI=1S/C13H15ClFN3/c14-13-11(2-1-7-16)8-17-18(13)9-10-3-5-12(15)6-4-10/h3-6,8H,1-2,7,9,16H2. The zero-order valence-electron chi connectivity index (χ0n) is 9.94. The van der Waals surface area contributed by atoms with Crippen molar-refractivity contribution in [1.82, 2.24) is 9.78 Å². The summed E-state index contributed by atoms with van der Waals surface area (Å²) in [7, 11) is 0. The summed E-state index contributed by atoms with van der Waals surface area (Å²) in [6.45, 7) is 1.18. The molecule has 0 aliphatic heterocycles. The quantitative estimate of drug-likeness (QED) is 0.905. The molecule has 2 N–H and O–H groups in total. The van der Waals surface area contributed by atoms with E-state index >= 15 is 0 Å². The van der Waals surface area contributed by atoms with Gasteiger partial charge in [-0.25, -0.2) is 9.07 Å². The maximum absolute atomic E-state index is 12.8. The van der Waals surface area contributed by atoms with Gasteiger partial charge in [0, 0.05) is 5.56 Å². The molecule has 2 rings (SSSR count). The summed E-state index contributed by atoms with van der Waals surface area (Å²) < 4.78 is 14.5. The van der Waals surface area contributed by atoms with Gasteiger partial charge in [-0.15, -0.1) is 0 Å². The number of benzene rings is 1. The van der Waals surface area contributed by atoms with Crippen molar-refractivity contribution < 1.29 is 4.39 Å². The second kappa shape index (κ2) is 5.98. The van der Waals surface area contributed by atoms with Crippen molar-refractivity contribution in [2.24, 2.45) is 5.73 Å². The highest BCUT2D eigenvalue weighted by molar-refractivity contribution is 6.30. The number of nitrogens with two attached hydrogens (primary N) is 1. The molecule has 18 heavy (non-hydrogen) atoms. The Morgan fingerprint density at radius 2 is 2.00 bits per heavy atom. The summed E-state index contributed by atoms with van der Waals surface area (Å²) in [5.41, 5.74) is 7.43. The van der Waals surface area contributed by atoms with E-state index in [0.717, 1.165) is 24.0 Å². The van der Waals surface area contributed by atoms with Crippen molar-refractivity contribution in [3.8, 4) is 0 Å². The maximum Gasteiger partial charge on any atom is 0.130 e. The summed E-state index contributed by atoms with van der Waals surface area (Å²) in [5.74, 6) is -0.242. The van der Waals surface area contributed by atoms with Crippen molar-refractivity contribution in [2.45, 2.75) is 19.4 Å². The average molecular weight is 268 g/mol. The smallest absolute Gasteiger partial charge is 0.130 e. The molecule has 0 amide bonds. The van der Waals surface area contributed by atoms with E-state index in [4.69, 9.17) is 17.3 Å². The summed E-state index contributed by atoms with van der Waals surface area (Å²) in [4.78, 5) is 0. The number of aryl methyl sites for hydroxylation is 1. The number of halogens is 2. The Bertz CT molecular complexity index is 507. The van der Waals surface area contributed by atoms with Gasteiger partial charge in [-0.3, -0.25) is 0 Å². The zero-order chi connectivity index (χ0) is 13.0. The largest absolute Gasteiger partial charge is 0.330 e. The van der Waals surface area contributed by atoms with Gasteiger partial charge < -0.3 is 5.73 Å². The minimum atomic E-state index is -0.242. The van der Waals surface area contributed by atoms with E-state index in [1.807, 2.05) is 0 Å². The van der Waals surface area contributed by atoms with Crippen molar-refractivity contribution >= 4 is 11.6 Å². The van der Waals surface area contributed by atoms with Crippen LogP contribution in [0.25, 0.3) is 0 Å². The first kappa shape index (κ1) is 13.1. The Kier molecular flexibility index (Phi) is 4.33. The number of nitrogens with zero attached hydrogens (tertiary/aromatic N) is 2. The van der Waals surface area contributed by atoms with Crippen LogP contribution in [0.2, 0.25) is 5.15 Å². The van der Waals surface area contributed by atoms with Crippen molar-refractivity contribution in [3.63, 3.8) is 0 Å². The van der Waals surface area contributed by atoms with Crippen LogP contribution in [0.15, 0.2) is 30.5 Å². The van der Waals surface area contributed by atoms with E-state index in [1.54, 1.807) is 23.0 Å². The van der Waals surface area contributed by atoms with Crippen LogP contribution in [0.5, 0.6) is 0 Å². The van der Waals surface area contributed by atoms with Gasteiger partial charge in [0.2, 0.25) is 0 Å². The number of hydrogen-bond donors (Lipinski definition) is 1. The summed E-state index contributed by atoms with van der Waals surface area (Å²) in [6.07, 6.45) is 3.49. The molecule has 0 bridgehead atoms. The molecule has 0 aliphatic rings. The van der Waals surface area contributed by atoms with Gasteiger partial charge in [0.05, 0.1) is 12.7 Å². The Hall–Kier alpha value is -1.39. The number of hydrogen-bond acceptors (Lipinski definition) is 2. The maximum atomic E-state index is 12.8. The van der Waals surface area contributed by atoms with E-state index < -0.39 is 0 Å². The third-order valence-electron chi connectivity index (χ3n) is 2.74. The van der Waals surface area contributed by atoms with Crippen LogP contribution in [-0.2, 0) is 13.0 Å². The fourth-order valence-electron chi connectivity index (χ4n) is 1.74. The Morgan fingerprint density at radius 1 is 1.28 bits per heavy atom. The summed E-state index contributed by atoms with van der Waals surface area (Å²) >= 11 is 6.23. The highest BCUT2D eigenvalue weighted by Crippen LogP contribution is 2.18. The lowest BCUT2D eigenvalue weighted by molar-refractivity contribution is 0.624. The first-order valence-electron chi connectivity index (χ1n) is 5.85. The van der Waals surface area contributed by atoms with Crippen LogP contribution < -0.4 is 5.73 Å². The molecule has 0 saturated heterocycles. The normalized spacial score (nSPS) is 10.8. The molecule has 0 radical (unpaired) electrons. The van der Waals surface area contributed by atoms with E-state index in [2.05, 4.69) is 5.10 Å². The molecule has 0 fully saturated rings. The average Bonchev–Trinajstić information content (AvgIpc) is 2.71. The fraction of sp³-hybridized carbons (Fsp3) is 0.308. The molecule has 96 valence electrons. The van der Waals surface area contributed by atoms with Crippen LogP contribution >= 0.6 is 11.6 Å². The first-order valence-corrected chi connectivity index (χ1v) is 6.23. The Morgan fingerprint density at radius 3 is 2.67 bits per heavy atom. The van der Waals surface area contributed by atoms with E-state index in [0.29, 0.717) is 18.2 Å². The molecule has 1 heterocycles. The molecule has 1 aromatic carbocycles. The molecule has 5 heteroatoms. The molecule has 0 atom stereocenters. The minimum absolute atomic E-state index is 0.242. The second-order valence-electron chi connectivity index (χ2n) is 4.14. The molecular weight excluding hydrogens is 253 g/mol. The van der Waals surface area contributed by atoms with Crippen molar-refractivity contribution in [3.05, 3.63) is 52.6 Å². The molecule has 1 aromatic heterocycles.